The number of hydrogen-bond acceptors (Lipinski definition) is 5. The van der Waals surface area contributed by atoms with Crippen LogP contribution in [0.5, 0.6) is 5.75 Å². The fourth-order valence-corrected chi connectivity index (χ4v) is 5.52. The molecular formula is C31H42N4O4. The zero-order valence-corrected chi connectivity index (χ0v) is 23.9. The highest BCUT2D eigenvalue weighted by molar-refractivity contribution is 6.03. The lowest BCUT2D eigenvalue weighted by Gasteiger charge is -2.53. The minimum absolute atomic E-state index is 0.00371. The lowest BCUT2D eigenvalue weighted by atomic mass is 9.72. The summed E-state index contributed by atoms with van der Waals surface area (Å²) in [4.78, 5) is 45.1. The van der Waals surface area contributed by atoms with Crippen LogP contribution in [-0.2, 0) is 4.79 Å². The quantitative estimate of drug-likeness (QED) is 0.459. The molecule has 39 heavy (non-hydrogen) atoms. The molecule has 1 N–H and O–H groups in total. The van der Waals surface area contributed by atoms with Crippen LogP contribution in [0, 0.1) is 12.3 Å². The number of likely N-dealkylation sites (tertiary alicyclic amines) is 1. The molecule has 0 unspecified atom stereocenters. The van der Waals surface area contributed by atoms with Crippen molar-refractivity contribution in [3.63, 3.8) is 0 Å². The van der Waals surface area contributed by atoms with E-state index < -0.39 is 17.7 Å². The number of carbonyl (C=O) groups excluding carboxylic acids is 3. The van der Waals surface area contributed by atoms with Gasteiger partial charge in [0.1, 0.15) is 11.2 Å². The van der Waals surface area contributed by atoms with Crippen molar-refractivity contribution >= 4 is 17.8 Å². The van der Waals surface area contributed by atoms with E-state index in [-0.39, 0.29) is 17.9 Å². The first-order valence-corrected chi connectivity index (χ1v) is 14.2. The molecule has 8 heteroatoms. The van der Waals surface area contributed by atoms with Gasteiger partial charge in [-0.1, -0.05) is 57.0 Å². The van der Waals surface area contributed by atoms with Crippen LogP contribution in [0.3, 0.4) is 0 Å². The number of nitrogens with one attached hydrogen (secondary N) is 1. The number of piperazine rings is 1. The SMILES string of the molecule is CCC[C@@H](NC(=O)N1C(=O)C(CC)(CC)[C@@H]1Oc1ccc(C(=O)N2CCN(C)CC2)cc1)c1ccc(C)cc1. The van der Waals surface area contributed by atoms with Gasteiger partial charge in [-0.25, -0.2) is 9.69 Å². The highest BCUT2D eigenvalue weighted by atomic mass is 16.5. The summed E-state index contributed by atoms with van der Waals surface area (Å²) in [5, 5.41) is 3.08. The maximum Gasteiger partial charge on any atom is 0.327 e. The Bertz CT molecular complexity index is 1150. The van der Waals surface area contributed by atoms with Gasteiger partial charge in [0.15, 0.2) is 6.23 Å². The van der Waals surface area contributed by atoms with Crippen LogP contribution < -0.4 is 10.1 Å². The van der Waals surface area contributed by atoms with Gasteiger partial charge in [-0.05, 0) is 63.1 Å². The number of urea groups is 1. The first kappa shape index (κ1) is 28.6. The molecule has 2 fully saturated rings. The van der Waals surface area contributed by atoms with Crippen molar-refractivity contribution in [2.75, 3.05) is 33.2 Å². The Hall–Kier alpha value is -3.39. The molecule has 4 amide bonds. The van der Waals surface area contributed by atoms with Gasteiger partial charge in [-0.3, -0.25) is 9.59 Å². The summed E-state index contributed by atoms with van der Waals surface area (Å²) in [6.07, 6.45) is 2.05. The van der Waals surface area contributed by atoms with Crippen LogP contribution in [0.15, 0.2) is 48.5 Å². The van der Waals surface area contributed by atoms with Gasteiger partial charge in [-0.15, -0.1) is 0 Å². The number of amides is 4. The molecule has 2 atom stereocenters. The lowest BCUT2D eigenvalue weighted by Crippen LogP contribution is -2.73. The average molecular weight is 535 g/mol. The van der Waals surface area contributed by atoms with E-state index in [4.69, 9.17) is 4.74 Å². The van der Waals surface area contributed by atoms with Crippen molar-refractivity contribution in [1.82, 2.24) is 20.0 Å². The number of hydrogen-bond donors (Lipinski definition) is 1. The molecule has 2 heterocycles. The van der Waals surface area contributed by atoms with E-state index in [0.717, 1.165) is 37.1 Å². The Morgan fingerprint density at radius 3 is 2.15 bits per heavy atom. The van der Waals surface area contributed by atoms with E-state index in [1.165, 1.54) is 4.90 Å². The third-order valence-corrected chi connectivity index (χ3v) is 8.33. The Labute approximate surface area is 232 Å². The van der Waals surface area contributed by atoms with Crippen LogP contribution in [0.4, 0.5) is 4.79 Å². The van der Waals surface area contributed by atoms with Crippen LogP contribution in [0.25, 0.3) is 0 Å². The second-order valence-electron chi connectivity index (χ2n) is 10.8. The summed E-state index contributed by atoms with van der Waals surface area (Å²) in [6.45, 7) is 11.2. The van der Waals surface area contributed by atoms with Gasteiger partial charge in [0.25, 0.3) is 5.91 Å². The van der Waals surface area contributed by atoms with Crippen LogP contribution >= 0.6 is 0 Å². The number of likely N-dealkylation sites (N-methyl/N-ethyl adjacent to an activating group) is 1. The Balaban J connectivity index is 1.49. The Morgan fingerprint density at radius 1 is 0.974 bits per heavy atom. The summed E-state index contributed by atoms with van der Waals surface area (Å²) in [7, 11) is 2.06. The Kier molecular flexibility index (Phi) is 8.95. The standard InChI is InChI=1S/C31H42N4O4/c1-6-9-26(23-12-10-22(4)11-13-23)32-30(38)35-28(37)31(7-2,8-3)29(35)39-25-16-14-24(15-17-25)27(36)34-20-18-33(5)19-21-34/h10-17,26,29H,6-9,18-21H2,1-5H3,(H,32,38)/t26-,29+/m1/s1. The van der Waals surface area contributed by atoms with Gasteiger partial charge < -0.3 is 19.9 Å². The lowest BCUT2D eigenvalue weighted by molar-refractivity contribution is -0.191. The monoisotopic (exact) mass is 534 g/mol. The fraction of sp³-hybridized carbons (Fsp3) is 0.516. The molecule has 2 aliphatic heterocycles. The molecule has 0 aromatic heterocycles. The molecular weight excluding hydrogens is 492 g/mol. The second kappa shape index (κ2) is 12.2. The minimum atomic E-state index is -0.768. The average Bonchev–Trinajstić information content (AvgIpc) is 2.94. The summed E-state index contributed by atoms with van der Waals surface area (Å²) in [6, 6.07) is 14.5. The number of ether oxygens (including phenoxy) is 1. The highest BCUT2D eigenvalue weighted by Gasteiger charge is 2.63. The molecule has 0 spiro atoms. The van der Waals surface area contributed by atoms with E-state index >= 15 is 0 Å². The molecule has 2 aromatic rings. The van der Waals surface area contributed by atoms with E-state index in [9.17, 15) is 14.4 Å². The zero-order chi connectivity index (χ0) is 28.2. The predicted molar refractivity (Wildman–Crippen MR) is 151 cm³/mol. The first-order valence-electron chi connectivity index (χ1n) is 14.2. The molecule has 8 nitrogen and oxygen atoms in total. The third-order valence-electron chi connectivity index (χ3n) is 8.33. The topological polar surface area (TPSA) is 82.2 Å². The summed E-state index contributed by atoms with van der Waals surface area (Å²) < 4.78 is 6.32. The van der Waals surface area contributed by atoms with Gasteiger partial charge in [0, 0.05) is 31.7 Å². The smallest absolute Gasteiger partial charge is 0.327 e. The maximum atomic E-state index is 13.5. The summed E-state index contributed by atoms with van der Waals surface area (Å²) >= 11 is 0. The number of carbonyl (C=O) groups is 3. The van der Waals surface area contributed by atoms with Crippen molar-refractivity contribution in [2.24, 2.45) is 5.41 Å². The Morgan fingerprint density at radius 2 is 1.59 bits per heavy atom. The van der Waals surface area contributed by atoms with Crippen molar-refractivity contribution in [1.29, 1.82) is 0 Å². The first-order chi connectivity index (χ1) is 18.7. The maximum absolute atomic E-state index is 13.5. The number of imide groups is 1. The molecule has 2 aliphatic rings. The zero-order valence-electron chi connectivity index (χ0n) is 23.9. The predicted octanol–water partition coefficient (Wildman–Crippen LogP) is 4.99. The van der Waals surface area contributed by atoms with E-state index in [0.29, 0.717) is 37.2 Å². The molecule has 0 aliphatic carbocycles. The van der Waals surface area contributed by atoms with Crippen molar-refractivity contribution < 1.29 is 19.1 Å². The van der Waals surface area contributed by atoms with Crippen LogP contribution in [0.2, 0.25) is 0 Å². The molecule has 4 rings (SSSR count). The van der Waals surface area contributed by atoms with Gasteiger partial charge in [-0.2, -0.15) is 0 Å². The second-order valence-corrected chi connectivity index (χ2v) is 10.8. The highest BCUT2D eigenvalue weighted by Crippen LogP contribution is 2.46. The number of benzene rings is 2. The van der Waals surface area contributed by atoms with Gasteiger partial charge >= 0.3 is 6.03 Å². The number of rotatable bonds is 9. The van der Waals surface area contributed by atoms with Crippen molar-refractivity contribution in [3.05, 3.63) is 65.2 Å². The third kappa shape index (κ3) is 5.81. The van der Waals surface area contributed by atoms with Crippen LogP contribution in [-0.4, -0.2) is 72.0 Å². The molecule has 0 saturated carbocycles. The van der Waals surface area contributed by atoms with E-state index in [2.05, 4.69) is 24.2 Å². The summed E-state index contributed by atoms with van der Waals surface area (Å²) in [5.41, 5.74) is 2.00. The van der Waals surface area contributed by atoms with Crippen molar-refractivity contribution in [3.8, 4) is 5.75 Å². The molecule has 2 saturated heterocycles. The van der Waals surface area contributed by atoms with E-state index in [1.54, 1.807) is 24.3 Å². The molecule has 2 aromatic carbocycles. The number of aryl methyl sites for hydroxylation is 1. The molecule has 0 radical (unpaired) electrons. The van der Waals surface area contributed by atoms with Crippen molar-refractivity contribution in [2.45, 2.75) is 65.6 Å². The molecule has 210 valence electrons. The number of β-lactam (4-membered cyclic amide) rings is 1. The normalized spacial score (nSPS) is 19.8. The largest absolute Gasteiger partial charge is 0.469 e. The minimum Gasteiger partial charge on any atom is -0.469 e. The van der Waals surface area contributed by atoms with Gasteiger partial charge in [0.05, 0.1) is 6.04 Å². The summed E-state index contributed by atoms with van der Waals surface area (Å²) in [5.74, 6) is 0.315. The van der Waals surface area contributed by atoms with Crippen LogP contribution in [0.1, 0.15) is 74.0 Å². The van der Waals surface area contributed by atoms with E-state index in [1.807, 2.05) is 49.9 Å². The fourth-order valence-electron chi connectivity index (χ4n) is 5.52. The molecule has 0 bridgehead atoms. The number of nitrogens with zero attached hydrogens (tertiary/aromatic N) is 3. The van der Waals surface area contributed by atoms with Gasteiger partial charge in [0.2, 0.25) is 5.91 Å².